The lowest BCUT2D eigenvalue weighted by Gasteiger charge is -2.32. The number of Topliss-reactive ketones (excluding diaryl/α,β-unsaturated/α-hetero) is 1. The summed E-state index contributed by atoms with van der Waals surface area (Å²) >= 11 is 0. The van der Waals surface area contributed by atoms with Gasteiger partial charge in [-0.25, -0.2) is 4.79 Å². The number of rotatable bonds is 14. The van der Waals surface area contributed by atoms with Gasteiger partial charge in [0.2, 0.25) is 59.1 Å². The third-order valence-corrected chi connectivity index (χ3v) is 13.6. The first-order valence-electron chi connectivity index (χ1n) is 26.2. The van der Waals surface area contributed by atoms with Crippen molar-refractivity contribution in [3.05, 3.63) is 29.8 Å². The van der Waals surface area contributed by atoms with E-state index in [9.17, 15) is 62.6 Å². The van der Waals surface area contributed by atoms with Gasteiger partial charge in [0.25, 0.3) is 0 Å². The van der Waals surface area contributed by atoms with Crippen LogP contribution in [0, 0.1) is 23.7 Å². The molecule has 3 aliphatic rings. The minimum absolute atomic E-state index is 0.00353. The lowest BCUT2D eigenvalue weighted by Crippen LogP contribution is -2.60. The van der Waals surface area contributed by atoms with Gasteiger partial charge in [0.15, 0.2) is 5.78 Å². The number of fused-ring (bicyclic) bond motifs is 2. The molecule has 0 aromatic heterocycles. The van der Waals surface area contributed by atoms with Crippen molar-refractivity contribution in [2.24, 2.45) is 29.4 Å². The number of phenols is 1. The molecule has 3 aliphatic heterocycles. The van der Waals surface area contributed by atoms with Crippen molar-refractivity contribution in [1.82, 2.24) is 47.0 Å². The fourth-order valence-electron chi connectivity index (χ4n) is 9.42. The molecule has 76 heavy (non-hydrogen) atoms. The summed E-state index contributed by atoms with van der Waals surface area (Å²) in [5.74, 6) is -11.1. The standard InChI is InChI=1S/C52H78N10O14/c1-9-30(8)45(60-42(66)10-2)49(72)59-37-26-76-52(75)38-12-11-17-61(38)50(73)36(21-31-13-15-32(63)16-14-31)58-47(70)35(22-41(53)65)56-44(68)24-54-46(69)34(19-28(5)6)55-43(67)23-40(64)33(18-27(3)4)57-48(71)39-20-29(7)25-62(39)51(37)74/h13-16,27-30,33-39,45,63H,9-12,17-26H2,1-8H3,(H2,53,65)(H,54,69)(H,55,67)(H,56,68)(H,57,71)(H,58,70)(H,59,72)(H,60,66). The van der Waals surface area contributed by atoms with E-state index in [1.807, 2.05) is 0 Å². The van der Waals surface area contributed by atoms with Gasteiger partial charge in [-0.3, -0.25) is 52.7 Å². The number of hydrogen-bond acceptors (Lipinski definition) is 14. The Kier molecular flexibility index (Phi) is 23.2. The molecule has 10 N–H and O–H groups in total. The second kappa shape index (κ2) is 28.7. The number of ketones is 1. The van der Waals surface area contributed by atoms with Crippen molar-refractivity contribution in [3.8, 4) is 5.75 Å². The van der Waals surface area contributed by atoms with Gasteiger partial charge in [0.1, 0.15) is 54.6 Å². The first-order chi connectivity index (χ1) is 35.8. The average Bonchev–Trinajstić information content (AvgIpc) is 4.01. The summed E-state index contributed by atoms with van der Waals surface area (Å²) in [6, 6.07) is -5.24. The smallest absolute Gasteiger partial charge is 0.328 e. The third-order valence-electron chi connectivity index (χ3n) is 13.6. The molecule has 3 fully saturated rings. The van der Waals surface area contributed by atoms with Gasteiger partial charge in [-0.2, -0.15) is 0 Å². The van der Waals surface area contributed by atoms with E-state index in [2.05, 4.69) is 37.2 Å². The van der Waals surface area contributed by atoms with Crippen LogP contribution in [0.15, 0.2) is 24.3 Å². The molecule has 1 aromatic carbocycles. The number of carbonyl (C=O) groups excluding carboxylic acids is 12. The van der Waals surface area contributed by atoms with Gasteiger partial charge in [-0.15, -0.1) is 0 Å². The highest BCUT2D eigenvalue weighted by Gasteiger charge is 2.45. The maximum Gasteiger partial charge on any atom is 0.328 e. The number of hydrogen-bond donors (Lipinski definition) is 9. The molecule has 3 saturated heterocycles. The van der Waals surface area contributed by atoms with E-state index in [0.717, 1.165) is 0 Å². The van der Waals surface area contributed by atoms with Crippen molar-refractivity contribution in [1.29, 1.82) is 0 Å². The van der Waals surface area contributed by atoms with Crippen LogP contribution in [0.2, 0.25) is 0 Å². The van der Waals surface area contributed by atoms with Crippen molar-refractivity contribution < 1.29 is 67.4 Å². The van der Waals surface area contributed by atoms with Crippen molar-refractivity contribution in [3.63, 3.8) is 0 Å². The van der Waals surface area contributed by atoms with E-state index in [1.54, 1.807) is 55.4 Å². The number of benzene rings is 1. The predicted octanol–water partition coefficient (Wildman–Crippen LogP) is -0.873. The molecule has 3 heterocycles. The van der Waals surface area contributed by atoms with Gasteiger partial charge in [-0.1, -0.05) is 73.9 Å². The fraction of sp³-hybridized carbons (Fsp3) is 0.654. The van der Waals surface area contributed by atoms with Crippen LogP contribution in [0.5, 0.6) is 5.75 Å². The van der Waals surface area contributed by atoms with E-state index >= 15 is 0 Å². The monoisotopic (exact) mass is 1070 g/mol. The van der Waals surface area contributed by atoms with Crippen LogP contribution < -0.4 is 43.0 Å². The molecule has 24 heteroatoms. The molecule has 10 unspecified atom stereocenters. The number of nitrogens with zero attached hydrogens (tertiary/aromatic N) is 2. The van der Waals surface area contributed by atoms with E-state index in [4.69, 9.17) is 10.5 Å². The fourth-order valence-corrected chi connectivity index (χ4v) is 9.42. The van der Waals surface area contributed by atoms with Gasteiger partial charge in [0, 0.05) is 25.9 Å². The molecule has 420 valence electrons. The molecule has 4 rings (SSSR count). The lowest BCUT2D eigenvalue weighted by molar-refractivity contribution is -0.157. The zero-order valence-corrected chi connectivity index (χ0v) is 44.9. The number of aromatic hydroxyl groups is 1. The number of carbonyl (C=O) groups is 12. The number of phenolic OH excluding ortho intramolecular Hbond substituents is 1. The van der Waals surface area contributed by atoms with Crippen molar-refractivity contribution in [2.75, 3.05) is 26.2 Å². The summed E-state index contributed by atoms with van der Waals surface area (Å²) in [5, 5.41) is 28.0. The van der Waals surface area contributed by atoms with Crippen LogP contribution in [0.25, 0.3) is 0 Å². The van der Waals surface area contributed by atoms with Gasteiger partial charge in [-0.05, 0) is 73.5 Å². The highest BCUT2D eigenvalue weighted by atomic mass is 16.5. The average molecular weight is 1070 g/mol. The first kappa shape index (κ1) is 61.4. The Morgan fingerprint density at radius 3 is 2.03 bits per heavy atom. The second-order valence-corrected chi connectivity index (χ2v) is 21.0. The molecule has 0 radical (unpaired) electrons. The molecule has 1 aromatic rings. The Hall–Kier alpha value is -7.14. The number of primary amides is 1. The summed E-state index contributed by atoms with van der Waals surface area (Å²) < 4.78 is 5.80. The predicted molar refractivity (Wildman–Crippen MR) is 273 cm³/mol. The van der Waals surface area contributed by atoms with Crippen LogP contribution >= 0.6 is 0 Å². The van der Waals surface area contributed by atoms with E-state index in [-0.39, 0.29) is 81.5 Å². The van der Waals surface area contributed by atoms with Crippen LogP contribution in [0.4, 0.5) is 0 Å². The molecule has 0 saturated carbocycles. The van der Waals surface area contributed by atoms with Crippen LogP contribution in [0.3, 0.4) is 0 Å². The highest BCUT2D eigenvalue weighted by molar-refractivity contribution is 6.04. The molecule has 10 amide bonds. The first-order valence-corrected chi connectivity index (χ1v) is 26.2. The number of esters is 1. The normalized spacial score (nSPS) is 25.9. The minimum atomic E-state index is -1.69. The highest BCUT2D eigenvalue weighted by Crippen LogP contribution is 2.26. The number of amides is 10. The third kappa shape index (κ3) is 18.0. The number of nitrogens with two attached hydrogens (primary N) is 1. The largest absolute Gasteiger partial charge is 0.508 e. The summed E-state index contributed by atoms with van der Waals surface area (Å²) in [6.45, 7) is 12.5. The van der Waals surface area contributed by atoms with Gasteiger partial charge >= 0.3 is 5.97 Å². The Bertz CT molecular complexity index is 2310. The van der Waals surface area contributed by atoms with Gasteiger partial charge in [0.05, 0.1) is 25.4 Å². The summed E-state index contributed by atoms with van der Waals surface area (Å²) in [5.41, 5.74) is 5.93. The number of cyclic esters (lactones) is 1. The zero-order chi connectivity index (χ0) is 56.6. The Balaban J connectivity index is 1.81. The topological polar surface area (TPSA) is 351 Å². The maximum atomic E-state index is 14.9. The molecular weight excluding hydrogens is 989 g/mol. The number of nitrogens with one attached hydrogen (secondary N) is 7. The summed E-state index contributed by atoms with van der Waals surface area (Å²) in [7, 11) is 0. The van der Waals surface area contributed by atoms with Crippen LogP contribution in [0.1, 0.15) is 119 Å². The van der Waals surface area contributed by atoms with E-state index < -0.39 is 151 Å². The number of ether oxygens (including phenoxy) is 1. The minimum Gasteiger partial charge on any atom is -0.508 e. The summed E-state index contributed by atoms with van der Waals surface area (Å²) in [6.07, 6.45) is -0.630. The van der Waals surface area contributed by atoms with Gasteiger partial charge < -0.3 is 62.6 Å². The lowest BCUT2D eigenvalue weighted by atomic mass is 9.97. The maximum absolute atomic E-state index is 14.9. The van der Waals surface area contributed by atoms with Crippen LogP contribution in [-0.4, -0.2) is 160 Å². The Morgan fingerprint density at radius 1 is 0.776 bits per heavy atom. The van der Waals surface area contributed by atoms with Crippen LogP contribution in [-0.2, 0) is 68.7 Å². The second-order valence-electron chi connectivity index (χ2n) is 21.0. The van der Waals surface area contributed by atoms with E-state index in [0.29, 0.717) is 12.0 Å². The summed E-state index contributed by atoms with van der Waals surface area (Å²) in [4.78, 5) is 168. The van der Waals surface area contributed by atoms with Crippen molar-refractivity contribution >= 4 is 70.8 Å². The molecule has 0 bridgehead atoms. The Labute approximate surface area is 443 Å². The molecule has 10 atom stereocenters. The SMILES string of the molecule is CCC(=O)NC(C(=O)NC1COC(=O)C2CCCN2C(=O)C(Cc2ccc(O)cc2)NC(=O)C(CC(N)=O)NC(=O)CNC(=O)C(CC(C)C)NC(=O)CC(=O)C(CC(C)C)NC(=O)C2CC(C)CN2C1=O)C(C)CC. The zero-order valence-electron chi connectivity index (χ0n) is 44.9. The molecular formula is C52H78N10O14. The molecule has 0 aliphatic carbocycles. The molecule has 0 spiro atoms. The Morgan fingerprint density at radius 2 is 1.41 bits per heavy atom. The van der Waals surface area contributed by atoms with Crippen molar-refractivity contribution in [2.45, 2.75) is 168 Å². The van der Waals surface area contributed by atoms with E-state index in [1.165, 1.54) is 34.1 Å². The molecule has 24 nitrogen and oxygen atoms in total. The quantitative estimate of drug-likeness (QED) is 0.0808.